The van der Waals surface area contributed by atoms with Crippen LogP contribution in [0.3, 0.4) is 0 Å². The molecule has 6 heteroatoms. The van der Waals surface area contributed by atoms with Gasteiger partial charge < -0.3 is 10.0 Å². The van der Waals surface area contributed by atoms with Gasteiger partial charge in [0, 0.05) is 23.0 Å². The Morgan fingerprint density at radius 1 is 1.53 bits per heavy atom. The van der Waals surface area contributed by atoms with Gasteiger partial charge in [0.1, 0.15) is 4.88 Å². The summed E-state index contributed by atoms with van der Waals surface area (Å²) in [7, 11) is 1.80. The van der Waals surface area contributed by atoms with Crippen molar-refractivity contribution >= 4 is 35.0 Å². The Hall–Kier alpha value is -1.27. The first kappa shape index (κ1) is 14.1. The van der Waals surface area contributed by atoms with Crippen LogP contribution in [-0.2, 0) is 4.79 Å². The summed E-state index contributed by atoms with van der Waals surface area (Å²) in [6, 6.07) is 1.61. The van der Waals surface area contributed by atoms with Crippen molar-refractivity contribution in [2.75, 3.05) is 12.8 Å². The summed E-state index contributed by atoms with van der Waals surface area (Å²) in [6.45, 7) is 0. The normalized spacial score (nSPS) is 14.3. The van der Waals surface area contributed by atoms with Crippen LogP contribution in [0.25, 0.3) is 0 Å². The summed E-state index contributed by atoms with van der Waals surface area (Å²) in [6.07, 6.45) is 5.24. The molecular formula is C13H15NO3S2. The molecule has 0 aliphatic heterocycles. The van der Waals surface area contributed by atoms with E-state index in [4.69, 9.17) is 5.11 Å². The molecule has 0 fully saturated rings. The fourth-order valence-corrected chi connectivity index (χ4v) is 3.65. The summed E-state index contributed by atoms with van der Waals surface area (Å²) < 4.78 is 0. The Morgan fingerprint density at radius 2 is 2.32 bits per heavy atom. The van der Waals surface area contributed by atoms with Crippen LogP contribution in [0.2, 0.25) is 0 Å². The lowest BCUT2D eigenvalue weighted by Gasteiger charge is -2.18. The van der Waals surface area contributed by atoms with Gasteiger partial charge in [0.2, 0.25) is 5.91 Å². The number of aromatic carboxylic acids is 1. The third-order valence-corrected chi connectivity index (χ3v) is 5.00. The van der Waals surface area contributed by atoms with E-state index < -0.39 is 5.97 Å². The average Bonchev–Trinajstić information content (AvgIpc) is 3.05. The van der Waals surface area contributed by atoms with Gasteiger partial charge in [0.05, 0.1) is 5.75 Å². The van der Waals surface area contributed by atoms with Gasteiger partial charge in [0.15, 0.2) is 0 Å². The van der Waals surface area contributed by atoms with Crippen molar-refractivity contribution in [3.63, 3.8) is 0 Å². The molecule has 1 aromatic rings. The zero-order valence-electron chi connectivity index (χ0n) is 10.6. The van der Waals surface area contributed by atoms with Gasteiger partial charge in [-0.1, -0.05) is 6.08 Å². The molecule has 0 saturated carbocycles. The van der Waals surface area contributed by atoms with Gasteiger partial charge >= 0.3 is 5.97 Å². The van der Waals surface area contributed by atoms with E-state index in [2.05, 4.69) is 6.08 Å². The number of carboxylic acids is 1. The quantitative estimate of drug-likeness (QED) is 0.849. The van der Waals surface area contributed by atoms with Crippen LogP contribution in [0.4, 0.5) is 0 Å². The third-order valence-electron chi connectivity index (χ3n) is 2.97. The summed E-state index contributed by atoms with van der Waals surface area (Å²) in [5.41, 5.74) is 1.10. The number of carbonyl (C=O) groups is 2. The van der Waals surface area contributed by atoms with Crippen molar-refractivity contribution in [1.29, 1.82) is 0 Å². The van der Waals surface area contributed by atoms with E-state index in [9.17, 15) is 9.59 Å². The summed E-state index contributed by atoms with van der Waals surface area (Å²) in [5.74, 6) is -0.526. The molecule has 2 rings (SSSR count). The smallest absolute Gasteiger partial charge is 0.345 e. The van der Waals surface area contributed by atoms with Crippen LogP contribution < -0.4 is 0 Å². The highest BCUT2D eigenvalue weighted by Crippen LogP contribution is 2.26. The molecule has 1 aliphatic rings. The van der Waals surface area contributed by atoms with Crippen LogP contribution in [0, 0.1) is 0 Å². The number of rotatable bonds is 5. The number of nitrogens with zero attached hydrogens (tertiary/aromatic N) is 1. The van der Waals surface area contributed by atoms with Crippen LogP contribution in [0.1, 0.15) is 28.9 Å². The van der Waals surface area contributed by atoms with Gasteiger partial charge in [0.25, 0.3) is 0 Å². The van der Waals surface area contributed by atoms with E-state index in [1.165, 1.54) is 23.1 Å². The van der Waals surface area contributed by atoms with Crippen molar-refractivity contribution in [2.24, 2.45) is 0 Å². The van der Waals surface area contributed by atoms with E-state index in [0.717, 1.165) is 29.9 Å². The Morgan fingerprint density at radius 3 is 2.89 bits per heavy atom. The van der Waals surface area contributed by atoms with Crippen LogP contribution in [-0.4, -0.2) is 34.7 Å². The second-order valence-corrected chi connectivity index (χ2v) is 6.24. The number of amides is 1. The highest BCUT2D eigenvalue weighted by Gasteiger charge is 2.16. The first-order chi connectivity index (χ1) is 9.08. The Balaban J connectivity index is 1.87. The molecule has 0 spiro atoms. The maximum absolute atomic E-state index is 12.0. The Labute approximate surface area is 120 Å². The van der Waals surface area contributed by atoms with Crippen molar-refractivity contribution in [3.05, 3.63) is 28.1 Å². The minimum absolute atomic E-state index is 0.0567. The first-order valence-electron chi connectivity index (χ1n) is 5.98. The van der Waals surface area contributed by atoms with E-state index >= 15 is 0 Å². The molecule has 0 unspecified atom stereocenters. The van der Waals surface area contributed by atoms with Gasteiger partial charge in [-0.3, -0.25) is 4.79 Å². The highest BCUT2D eigenvalue weighted by molar-refractivity contribution is 8.00. The second-order valence-electron chi connectivity index (χ2n) is 4.28. The van der Waals surface area contributed by atoms with Gasteiger partial charge in [-0.2, -0.15) is 0 Å². The topological polar surface area (TPSA) is 57.6 Å². The van der Waals surface area contributed by atoms with Crippen molar-refractivity contribution in [3.8, 4) is 0 Å². The van der Waals surface area contributed by atoms with E-state index in [-0.39, 0.29) is 5.91 Å². The third kappa shape index (κ3) is 3.61. The van der Waals surface area contributed by atoms with Crippen LogP contribution in [0.15, 0.2) is 28.1 Å². The maximum Gasteiger partial charge on any atom is 0.345 e. The minimum Gasteiger partial charge on any atom is -0.477 e. The SMILES string of the molecule is CN(C(=O)CSc1csc(C(=O)O)c1)C1=CCCC1. The summed E-state index contributed by atoms with van der Waals surface area (Å²) >= 11 is 2.57. The molecule has 0 aromatic carbocycles. The van der Waals surface area contributed by atoms with E-state index in [0.29, 0.717) is 10.6 Å². The van der Waals surface area contributed by atoms with E-state index in [1.807, 2.05) is 0 Å². The van der Waals surface area contributed by atoms with E-state index in [1.54, 1.807) is 23.4 Å². The molecule has 0 bridgehead atoms. The summed E-state index contributed by atoms with van der Waals surface area (Å²) in [5, 5.41) is 10.6. The number of thioether (sulfide) groups is 1. The molecule has 102 valence electrons. The first-order valence-corrected chi connectivity index (χ1v) is 7.84. The van der Waals surface area contributed by atoms with Crippen LogP contribution >= 0.6 is 23.1 Å². The average molecular weight is 297 g/mol. The van der Waals surface area contributed by atoms with Gasteiger partial charge in [-0.25, -0.2) is 4.79 Å². The van der Waals surface area contributed by atoms with Gasteiger partial charge in [-0.15, -0.1) is 23.1 Å². The predicted octanol–water partition coefficient (Wildman–Crippen LogP) is 3.06. The molecule has 0 saturated heterocycles. The molecule has 1 amide bonds. The molecular weight excluding hydrogens is 282 g/mol. The number of thiophene rings is 1. The molecule has 1 aliphatic carbocycles. The number of carbonyl (C=O) groups excluding carboxylic acids is 1. The molecule has 0 radical (unpaired) electrons. The van der Waals surface area contributed by atoms with Crippen molar-refractivity contribution < 1.29 is 14.7 Å². The molecule has 1 aromatic heterocycles. The molecule has 1 N–H and O–H groups in total. The fourth-order valence-electron chi connectivity index (χ4n) is 1.87. The lowest BCUT2D eigenvalue weighted by molar-refractivity contribution is -0.125. The number of hydrogen-bond acceptors (Lipinski definition) is 4. The standard InChI is InChI=1S/C13H15NO3S2/c1-14(9-4-2-3-5-9)12(15)8-18-10-6-11(13(16)17)19-7-10/h4,6-7H,2-3,5,8H2,1H3,(H,16,17). The minimum atomic E-state index is -0.920. The fraction of sp³-hybridized carbons (Fsp3) is 0.385. The lowest BCUT2D eigenvalue weighted by Crippen LogP contribution is -2.26. The number of allylic oxidation sites excluding steroid dienone is 2. The molecule has 0 atom stereocenters. The van der Waals surface area contributed by atoms with Crippen molar-refractivity contribution in [2.45, 2.75) is 24.2 Å². The van der Waals surface area contributed by atoms with Gasteiger partial charge in [-0.05, 0) is 25.3 Å². The predicted molar refractivity (Wildman–Crippen MR) is 76.7 cm³/mol. The largest absolute Gasteiger partial charge is 0.477 e. The number of carboxylic acid groups (broad SMARTS) is 1. The Kier molecular flexibility index (Phi) is 4.66. The second kappa shape index (κ2) is 6.25. The zero-order chi connectivity index (χ0) is 13.8. The Bertz CT molecular complexity index is 522. The van der Waals surface area contributed by atoms with Crippen molar-refractivity contribution in [1.82, 2.24) is 4.90 Å². The zero-order valence-corrected chi connectivity index (χ0v) is 12.2. The molecule has 19 heavy (non-hydrogen) atoms. The molecule has 4 nitrogen and oxygen atoms in total. The highest BCUT2D eigenvalue weighted by atomic mass is 32.2. The summed E-state index contributed by atoms with van der Waals surface area (Å²) in [4.78, 5) is 25.6. The number of hydrogen-bond donors (Lipinski definition) is 1. The van der Waals surface area contributed by atoms with Crippen LogP contribution in [0.5, 0.6) is 0 Å². The molecule has 1 heterocycles. The lowest BCUT2D eigenvalue weighted by atomic mass is 10.3. The maximum atomic E-state index is 12.0. The monoisotopic (exact) mass is 297 g/mol.